The fourth-order valence-corrected chi connectivity index (χ4v) is 6.45. The molecule has 1 saturated heterocycles. The zero-order valence-corrected chi connectivity index (χ0v) is 33.6. The third kappa shape index (κ3) is 28.9. The van der Waals surface area contributed by atoms with E-state index in [1.807, 2.05) is 14.1 Å². The first kappa shape index (κ1) is 46.3. The van der Waals surface area contributed by atoms with Gasteiger partial charge in [-0.25, -0.2) is 0 Å². The topological polar surface area (TPSA) is 42.0 Å². The Kier molecular flexibility index (Phi) is 33.1. The fourth-order valence-electron chi connectivity index (χ4n) is 6.45. The molecule has 5 nitrogen and oxygen atoms in total. The summed E-state index contributed by atoms with van der Waals surface area (Å²) in [5, 5.41) is 0. The summed E-state index contributed by atoms with van der Waals surface area (Å²) < 4.78 is 12.8. The lowest BCUT2D eigenvalue weighted by atomic mass is 10.1. The van der Waals surface area contributed by atoms with Gasteiger partial charge in [0, 0.05) is 53.4 Å². The van der Waals surface area contributed by atoms with Gasteiger partial charge in [0.15, 0.2) is 0 Å². The molecule has 0 aromatic carbocycles. The predicted octanol–water partition coefficient (Wildman–Crippen LogP) is 12.2. The molecule has 1 unspecified atom stereocenters. The van der Waals surface area contributed by atoms with Crippen molar-refractivity contribution in [1.29, 1.82) is 0 Å². The Bertz CT molecular complexity index is 806. The molecule has 1 aliphatic heterocycles. The smallest absolute Gasteiger partial charge is 0.223 e. The number of hydrogen-bond acceptors (Lipinski definition) is 4. The Hall–Kier alpha value is -1.69. The number of nitrogens with zero attached hydrogens (tertiary/aromatic N) is 2. The third-order valence-electron chi connectivity index (χ3n) is 9.79. The van der Waals surface area contributed by atoms with Crippen LogP contribution in [0.25, 0.3) is 0 Å². The highest BCUT2D eigenvalue weighted by Gasteiger charge is 2.34. The van der Waals surface area contributed by atoms with Crippen LogP contribution in [0.1, 0.15) is 174 Å². The van der Waals surface area contributed by atoms with E-state index in [-0.39, 0.29) is 18.1 Å². The second-order valence-corrected chi connectivity index (χ2v) is 14.8. The van der Waals surface area contributed by atoms with Gasteiger partial charge in [0.2, 0.25) is 5.91 Å². The quantitative estimate of drug-likeness (QED) is 0.0488. The van der Waals surface area contributed by atoms with Crippen LogP contribution in [0.2, 0.25) is 0 Å². The highest BCUT2D eigenvalue weighted by atomic mass is 16.5. The molecule has 1 aliphatic rings. The average Bonchev–Trinajstić information content (AvgIpc) is 3.51. The van der Waals surface area contributed by atoms with Gasteiger partial charge in [-0.05, 0) is 77.0 Å². The normalized spacial score (nSPS) is 17.1. The first-order valence-corrected chi connectivity index (χ1v) is 21.3. The lowest BCUT2D eigenvalue weighted by molar-refractivity contribution is -0.129. The van der Waals surface area contributed by atoms with E-state index in [4.69, 9.17) is 9.47 Å². The van der Waals surface area contributed by atoms with Gasteiger partial charge < -0.3 is 14.4 Å². The molecule has 290 valence electrons. The molecule has 0 spiro atoms. The molecular formula is C45H82N2O3. The molecule has 0 N–H and O–H groups in total. The zero-order valence-electron chi connectivity index (χ0n) is 33.6. The van der Waals surface area contributed by atoms with E-state index in [0.717, 1.165) is 58.5 Å². The summed E-state index contributed by atoms with van der Waals surface area (Å²) in [6, 6.07) is 0. The van der Waals surface area contributed by atoms with Gasteiger partial charge in [0.1, 0.15) is 0 Å². The van der Waals surface area contributed by atoms with Crippen LogP contribution in [-0.2, 0) is 14.3 Å². The van der Waals surface area contributed by atoms with Crippen LogP contribution < -0.4 is 0 Å². The van der Waals surface area contributed by atoms with E-state index in [0.29, 0.717) is 6.42 Å². The maximum Gasteiger partial charge on any atom is 0.223 e. The Balaban J connectivity index is 2.15. The minimum atomic E-state index is 0.118. The molecule has 1 fully saturated rings. The van der Waals surface area contributed by atoms with Gasteiger partial charge in [-0.1, -0.05) is 140 Å². The molecule has 1 amide bonds. The van der Waals surface area contributed by atoms with Crippen molar-refractivity contribution in [3.05, 3.63) is 48.6 Å². The molecule has 0 aliphatic carbocycles. The van der Waals surface area contributed by atoms with E-state index in [1.165, 1.54) is 128 Å². The van der Waals surface area contributed by atoms with Crippen LogP contribution in [0.3, 0.4) is 0 Å². The summed E-state index contributed by atoms with van der Waals surface area (Å²) in [6.45, 7) is 8.68. The first-order valence-electron chi connectivity index (χ1n) is 21.3. The molecule has 1 rings (SSSR count). The van der Waals surface area contributed by atoms with Crippen molar-refractivity contribution in [1.82, 2.24) is 9.80 Å². The molecule has 0 aromatic heterocycles. The second-order valence-electron chi connectivity index (χ2n) is 14.8. The number of rotatable bonds is 35. The number of carbonyl (C=O) groups excluding carboxylic acids is 1. The number of allylic oxidation sites excluding steroid dienone is 8. The van der Waals surface area contributed by atoms with Crippen LogP contribution in [0.4, 0.5) is 0 Å². The molecule has 0 saturated carbocycles. The summed E-state index contributed by atoms with van der Waals surface area (Å²) >= 11 is 0. The number of ether oxygens (including phenoxy) is 2. The van der Waals surface area contributed by atoms with Crippen LogP contribution in [-0.4, -0.2) is 74.9 Å². The molecule has 2 atom stereocenters. The Morgan fingerprint density at radius 1 is 0.540 bits per heavy atom. The van der Waals surface area contributed by atoms with Crippen LogP contribution in [0, 0.1) is 0 Å². The van der Waals surface area contributed by atoms with Crippen molar-refractivity contribution in [3.8, 4) is 0 Å². The molecule has 1 heterocycles. The van der Waals surface area contributed by atoms with Crippen molar-refractivity contribution in [2.75, 3.05) is 46.9 Å². The van der Waals surface area contributed by atoms with Crippen molar-refractivity contribution >= 4 is 5.91 Å². The van der Waals surface area contributed by atoms with E-state index >= 15 is 0 Å². The number of likely N-dealkylation sites (tertiary alicyclic amines) is 1. The van der Waals surface area contributed by atoms with Gasteiger partial charge in [0.05, 0.1) is 12.2 Å². The lowest BCUT2D eigenvalue weighted by Gasteiger charge is -2.20. The molecule has 0 bridgehead atoms. The van der Waals surface area contributed by atoms with E-state index in [1.54, 1.807) is 4.90 Å². The fraction of sp³-hybridized carbons (Fsp3) is 0.800. The van der Waals surface area contributed by atoms with Gasteiger partial charge in [-0.15, -0.1) is 0 Å². The van der Waals surface area contributed by atoms with E-state index < -0.39 is 0 Å². The van der Waals surface area contributed by atoms with Crippen LogP contribution >= 0.6 is 0 Å². The van der Waals surface area contributed by atoms with Gasteiger partial charge in [-0.2, -0.15) is 0 Å². The highest BCUT2D eigenvalue weighted by Crippen LogP contribution is 2.19. The minimum absolute atomic E-state index is 0.118. The van der Waals surface area contributed by atoms with Crippen molar-refractivity contribution < 1.29 is 14.3 Å². The molecular weight excluding hydrogens is 617 g/mol. The molecule has 0 aromatic rings. The average molecular weight is 699 g/mol. The lowest BCUT2D eigenvalue weighted by Crippen LogP contribution is -2.30. The summed E-state index contributed by atoms with van der Waals surface area (Å²) in [6.07, 6.45) is 49.7. The van der Waals surface area contributed by atoms with Crippen molar-refractivity contribution in [2.45, 2.75) is 187 Å². The Labute approximate surface area is 311 Å². The van der Waals surface area contributed by atoms with Crippen LogP contribution in [0.15, 0.2) is 48.6 Å². The number of hydrogen-bond donors (Lipinski definition) is 0. The Morgan fingerprint density at radius 3 is 1.28 bits per heavy atom. The van der Waals surface area contributed by atoms with Gasteiger partial charge >= 0.3 is 0 Å². The van der Waals surface area contributed by atoms with Crippen molar-refractivity contribution in [3.63, 3.8) is 0 Å². The zero-order chi connectivity index (χ0) is 36.2. The summed E-state index contributed by atoms with van der Waals surface area (Å²) in [5.41, 5.74) is 0. The van der Waals surface area contributed by atoms with Gasteiger partial charge in [-0.3, -0.25) is 9.69 Å². The molecule has 50 heavy (non-hydrogen) atoms. The standard InChI is InChI=1S/C45H82N2O3/c1-5-7-9-11-13-15-17-19-21-23-25-27-29-31-33-35-39-49-43-41-47(38-37-45(48)46(3)4)42-44(43)50-40-36-34-32-30-28-26-24-22-20-18-16-14-12-10-8-6-2/h13-16,19-22,43-44H,5-12,17-18,23-42H2,1-4H3/t43-,44?/m1/s1. The highest BCUT2D eigenvalue weighted by molar-refractivity contribution is 5.75. The van der Waals surface area contributed by atoms with Crippen molar-refractivity contribution in [2.24, 2.45) is 0 Å². The first-order chi connectivity index (χ1) is 24.6. The van der Waals surface area contributed by atoms with Crippen LogP contribution in [0.5, 0.6) is 0 Å². The predicted molar refractivity (Wildman–Crippen MR) is 218 cm³/mol. The largest absolute Gasteiger partial charge is 0.374 e. The minimum Gasteiger partial charge on any atom is -0.374 e. The second kappa shape index (κ2) is 35.7. The number of amides is 1. The molecule has 0 radical (unpaired) electrons. The molecule has 5 heteroatoms. The van der Waals surface area contributed by atoms with E-state index in [2.05, 4.69) is 67.4 Å². The summed E-state index contributed by atoms with van der Waals surface area (Å²) in [7, 11) is 3.67. The monoisotopic (exact) mass is 699 g/mol. The SMILES string of the molecule is CCCCCC=CCC=CCCCCCCCCOC1CN(CCC(=O)N(C)C)C[C@H]1OCCCCCCCCC=CCC=CCCCCC. The third-order valence-corrected chi connectivity index (χ3v) is 9.79. The van der Waals surface area contributed by atoms with E-state index in [9.17, 15) is 4.79 Å². The number of carbonyl (C=O) groups is 1. The Morgan fingerprint density at radius 2 is 0.900 bits per heavy atom. The maximum absolute atomic E-state index is 12.2. The number of unbranched alkanes of at least 4 members (excludes halogenated alkanes) is 18. The van der Waals surface area contributed by atoms with Gasteiger partial charge in [0.25, 0.3) is 0 Å². The maximum atomic E-state index is 12.2. The summed E-state index contributed by atoms with van der Waals surface area (Å²) in [4.78, 5) is 16.2. The summed E-state index contributed by atoms with van der Waals surface area (Å²) in [5.74, 6) is 0.189.